The van der Waals surface area contributed by atoms with Crippen LogP contribution in [-0.4, -0.2) is 29.1 Å². The van der Waals surface area contributed by atoms with E-state index in [0.29, 0.717) is 11.4 Å². The molecule has 1 heterocycles. The fourth-order valence-electron chi connectivity index (χ4n) is 2.13. The fraction of sp³-hybridized carbons (Fsp3) is 0.400. The van der Waals surface area contributed by atoms with Crippen molar-refractivity contribution in [1.29, 1.82) is 0 Å². The second-order valence-electron chi connectivity index (χ2n) is 4.81. The number of nitrogens with zero attached hydrogens (tertiary/aromatic N) is 2. The maximum atomic E-state index is 10.6. The van der Waals surface area contributed by atoms with Crippen LogP contribution in [0.25, 0.3) is 0 Å². The van der Waals surface area contributed by atoms with Gasteiger partial charge in [0.2, 0.25) is 0 Å². The van der Waals surface area contributed by atoms with Crippen LogP contribution in [0, 0.1) is 0 Å². The summed E-state index contributed by atoms with van der Waals surface area (Å²) in [5.41, 5.74) is 1.43. The highest BCUT2D eigenvalue weighted by molar-refractivity contribution is 5.37. The third-order valence-corrected chi connectivity index (χ3v) is 3.20. The maximum absolute atomic E-state index is 10.6. The van der Waals surface area contributed by atoms with Gasteiger partial charge >= 0.3 is 0 Å². The first-order valence-electron chi connectivity index (χ1n) is 6.52. The number of hydrogen-bond acceptors (Lipinski definition) is 4. The van der Waals surface area contributed by atoms with Crippen molar-refractivity contribution in [2.45, 2.75) is 26.0 Å². The van der Waals surface area contributed by atoms with Crippen LogP contribution in [0.4, 0.5) is 0 Å². The minimum atomic E-state index is -0.791. The van der Waals surface area contributed by atoms with Gasteiger partial charge in [-0.2, -0.15) is 5.10 Å². The van der Waals surface area contributed by atoms with E-state index in [4.69, 9.17) is 9.47 Å². The summed E-state index contributed by atoms with van der Waals surface area (Å²) in [7, 11) is 3.19. The molecule has 0 saturated heterocycles. The lowest BCUT2D eigenvalue weighted by Crippen LogP contribution is -2.13. The third-order valence-electron chi connectivity index (χ3n) is 3.20. The minimum absolute atomic E-state index is 0.141. The molecule has 0 amide bonds. The molecule has 0 radical (unpaired) electrons. The Balaban J connectivity index is 2.40. The molecule has 5 heteroatoms. The summed E-state index contributed by atoms with van der Waals surface area (Å²) in [4.78, 5) is 0. The third kappa shape index (κ3) is 2.63. The SMILES string of the molecule is COc1ccc(C(O)c2c(OC)cnn2C(C)C)cc1. The molecule has 1 unspecified atom stereocenters. The largest absolute Gasteiger partial charge is 0.497 e. The molecule has 0 aliphatic heterocycles. The van der Waals surface area contributed by atoms with Crippen LogP contribution in [0.3, 0.4) is 0 Å². The predicted molar refractivity (Wildman–Crippen MR) is 76.2 cm³/mol. The molecular formula is C15H20N2O3. The average Bonchev–Trinajstić information content (AvgIpc) is 2.90. The van der Waals surface area contributed by atoms with E-state index in [0.717, 1.165) is 11.3 Å². The van der Waals surface area contributed by atoms with Crippen LogP contribution >= 0.6 is 0 Å². The molecule has 1 aromatic carbocycles. The van der Waals surface area contributed by atoms with E-state index in [1.165, 1.54) is 0 Å². The Bertz CT molecular complexity index is 561. The van der Waals surface area contributed by atoms with Crippen LogP contribution in [0.2, 0.25) is 0 Å². The van der Waals surface area contributed by atoms with Gasteiger partial charge in [0.05, 0.1) is 20.4 Å². The molecule has 20 heavy (non-hydrogen) atoms. The van der Waals surface area contributed by atoms with E-state index in [1.54, 1.807) is 25.1 Å². The van der Waals surface area contributed by atoms with Crippen molar-refractivity contribution in [3.8, 4) is 11.5 Å². The van der Waals surface area contributed by atoms with E-state index in [9.17, 15) is 5.11 Å². The van der Waals surface area contributed by atoms with Gasteiger partial charge in [-0.15, -0.1) is 0 Å². The molecule has 1 aromatic heterocycles. The number of aliphatic hydroxyl groups is 1. The zero-order valence-electron chi connectivity index (χ0n) is 12.2. The topological polar surface area (TPSA) is 56.5 Å². The maximum Gasteiger partial charge on any atom is 0.163 e. The summed E-state index contributed by atoms with van der Waals surface area (Å²) in [6.07, 6.45) is 0.836. The monoisotopic (exact) mass is 276 g/mol. The number of benzene rings is 1. The van der Waals surface area contributed by atoms with Gasteiger partial charge < -0.3 is 14.6 Å². The van der Waals surface area contributed by atoms with Crippen molar-refractivity contribution in [2.24, 2.45) is 0 Å². The zero-order chi connectivity index (χ0) is 14.7. The summed E-state index contributed by atoms with van der Waals surface area (Å²) in [6.45, 7) is 4.02. The zero-order valence-corrected chi connectivity index (χ0v) is 12.2. The summed E-state index contributed by atoms with van der Waals surface area (Å²) in [6, 6.07) is 7.45. The van der Waals surface area contributed by atoms with Gasteiger partial charge in [0.15, 0.2) is 5.75 Å². The minimum Gasteiger partial charge on any atom is -0.497 e. The Hall–Kier alpha value is -2.01. The van der Waals surface area contributed by atoms with Crippen LogP contribution in [-0.2, 0) is 0 Å². The quantitative estimate of drug-likeness (QED) is 0.912. The van der Waals surface area contributed by atoms with Crippen molar-refractivity contribution in [2.75, 3.05) is 14.2 Å². The number of hydrogen-bond donors (Lipinski definition) is 1. The molecule has 2 aromatic rings. The molecule has 5 nitrogen and oxygen atoms in total. The number of ether oxygens (including phenoxy) is 2. The summed E-state index contributed by atoms with van der Waals surface area (Å²) < 4.78 is 12.2. The van der Waals surface area contributed by atoms with E-state index in [-0.39, 0.29) is 6.04 Å². The van der Waals surface area contributed by atoms with E-state index < -0.39 is 6.10 Å². The first-order chi connectivity index (χ1) is 9.58. The van der Waals surface area contributed by atoms with Crippen LogP contribution in [0.5, 0.6) is 11.5 Å². The first-order valence-corrected chi connectivity index (χ1v) is 6.52. The average molecular weight is 276 g/mol. The molecule has 0 fully saturated rings. The van der Waals surface area contributed by atoms with E-state index >= 15 is 0 Å². The van der Waals surface area contributed by atoms with Crippen molar-refractivity contribution in [3.63, 3.8) is 0 Å². The van der Waals surface area contributed by atoms with Gasteiger partial charge in [0.1, 0.15) is 17.5 Å². The van der Waals surface area contributed by atoms with Crippen LogP contribution in [0.1, 0.15) is 37.3 Å². The highest BCUT2D eigenvalue weighted by Gasteiger charge is 2.22. The van der Waals surface area contributed by atoms with Crippen molar-refractivity contribution in [1.82, 2.24) is 9.78 Å². The Kier molecular flexibility index (Phi) is 4.29. The molecule has 0 bridgehead atoms. The molecule has 2 rings (SSSR count). The summed E-state index contributed by atoms with van der Waals surface area (Å²) >= 11 is 0. The van der Waals surface area contributed by atoms with E-state index in [1.807, 2.05) is 38.1 Å². The van der Waals surface area contributed by atoms with Crippen molar-refractivity contribution < 1.29 is 14.6 Å². The lowest BCUT2D eigenvalue weighted by atomic mass is 10.1. The van der Waals surface area contributed by atoms with Gasteiger partial charge in [0, 0.05) is 6.04 Å². The van der Waals surface area contributed by atoms with E-state index in [2.05, 4.69) is 5.10 Å². The lowest BCUT2D eigenvalue weighted by Gasteiger charge is -2.17. The Morgan fingerprint density at radius 1 is 1.10 bits per heavy atom. The number of aromatic nitrogens is 2. The fourth-order valence-corrected chi connectivity index (χ4v) is 2.13. The number of aliphatic hydroxyl groups excluding tert-OH is 1. The van der Waals surface area contributed by atoms with Gasteiger partial charge in [-0.05, 0) is 31.5 Å². The Morgan fingerprint density at radius 2 is 1.75 bits per heavy atom. The van der Waals surface area contributed by atoms with Gasteiger partial charge in [-0.1, -0.05) is 12.1 Å². The predicted octanol–water partition coefficient (Wildman–Crippen LogP) is 2.56. The lowest BCUT2D eigenvalue weighted by molar-refractivity contribution is 0.199. The van der Waals surface area contributed by atoms with Crippen molar-refractivity contribution in [3.05, 3.63) is 41.7 Å². The van der Waals surface area contributed by atoms with Gasteiger partial charge in [-0.3, -0.25) is 4.68 Å². The molecule has 0 aliphatic rings. The Labute approximate surface area is 118 Å². The number of methoxy groups -OCH3 is 2. The molecule has 1 N–H and O–H groups in total. The Morgan fingerprint density at radius 3 is 2.25 bits per heavy atom. The molecule has 0 saturated carbocycles. The standard InChI is InChI=1S/C15H20N2O3/c1-10(2)17-14(13(20-4)9-16-17)15(18)11-5-7-12(19-3)8-6-11/h5-10,15,18H,1-4H3. The smallest absolute Gasteiger partial charge is 0.163 e. The molecule has 0 spiro atoms. The number of rotatable bonds is 5. The van der Waals surface area contributed by atoms with Gasteiger partial charge in [-0.25, -0.2) is 0 Å². The molecule has 108 valence electrons. The van der Waals surface area contributed by atoms with Gasteiger partial charge in [0.25, 0.3) is 0 Å². The second kappa shape index (κ2) is 5.96. The second-order valence-corrected chi connectivity index (χ2v) is 4.81. The molecular weight excluding hydrogens is 256 g/mol. The van der Waals surface area contributed by atoms with Crippen LogP contribution < -0.4 is 9.47 Å². The molecule has 0 aliphatic carbocycles. The normalized spacial score (nSPS) is 12.5. The highest BCUT2D eigenvalue weighted by Crippen LogP contribution is 2.32. The van der Waals surface area contributed by atoms with Crippen molar-refractivity contribution >= 4 is 0 Å². The first kappa shape index (κ1) is 14.4. The summed E-state index contributed by atoms with van der Waals surface area (Å²) in [5, 5.41) is 14.9. The van der Waals surface area contributed by atoms with Crippen LogP contribution in [0.15, 0.2) is 30.5 Å². The summed E-state index contributed by atoms with van der Waals surface area (Å²) in [5.74, 6) is 1.34. The molecule has 1 atom stereocenters. The highest BCUT2D eigenvalue weighted by atomic mass is 16.5.